The van der Waals surface area contributed by atoms with Crippen molar-refractivity contribution in [2.45, 2.75) is 6.92 Å². The van der Waals surface area contributed by atoms with Crippen molar-refractivity contribution in [1.29, 1.82) is 0 Å². The summed E-state index contributed by atoms with van der Waals surface area (Å²) in [4.78, 5) is 4.02. The maximum Gasteiger partial charge on any atom is 0.214 e. The average molecular weight is 173 g/mol. The molecule has 0 bridgehead atoms. The van der Waals surface area contributed by atoms with Crippen LogP contribution in [0.1, 0.15) is 5.69 Å². The van der Waals surface area contributed by atoms with Crippen LogP contribution in [0.4, 0.5) is 5.69 Å². The van der Waals surface area contributed by atoms with Crippen molar-refractivity contribution in [1.82, 2.24) is 4.98 Å². The van der Waals surface area contributed by atoms with E-state index in [9.17, 15) is 0 Å². The Morgan fingerprint density at radius 1 is 1.64 bits per heavy atom. The molecule has 0 fully saturated rings. The molecule has 1 heterocycles. The van der Waals surface area contributed by atoms with E-state index in [4.69, 9.17) is 22.1 Å². The van der Waals surface area contributed by atoms with E-state index in [1.165, 1.54) is 7.11 Å². The summed E-state index contributed by atoms with van der Waals surface area (Å²) in [5.41, 5.74) is 6.75. The highest BCUT2D eigenvalue weighted by molar-refractivity contribution is 6.33. The molecule has 0 saturated carbocycles. The van der Waals surface area contributed by atoms with Gasteiger partial charge in [0.05, 0.1) is 23.5 Å². The van der Waals surface area contributed by atoms with Crippen molar-refractivity contribution < 1.29 is 4.74 Å². The number of methoxy groups -OCH3 is 1. The van der Waals surface area contributed by atoms with E-state index in [2.05, 4.69) is 4.98 Å². The molecule has 0 atom stereocenters. The highest BCUT2D eigenvalue weighted by atomic mass is 35.5. The highest BCUT2D eigenvalue weighted by Gasteiger charge is 2.03. The number of aromatic nitrogens is 1. The number of aryl methyl sites for hydroxylation is 1. The Labute approximate surface area is 70.1 Å². The number of pyridine rings is 1. The summed E-state index contributed by atoms with van der Waals surface area (Å²) in [5, 5.41) is 0.481. The molecule has 0 radical (unpaired) electrons. The fourth-order valence-corrected chi connectivity index (χ4v) is 0.951. The van der Waals surface area contributed by atoms with Gasteiger partial charge in [-0.1, -0.05) is 11.6 Å². The lowest BCUT2D eigenvalue weighted by atomic mass is 10.3. The second kappa shape index (κ2) is 2.96. The third-order valence-corrected chi connectivity index (χ3v) is 1.70. The summed E-state index contributed by atoms with van der Waals surface area (Å²) in [6, 6.07) is 1.59. The largest absolute Gasteiger partial charge is 0.481 e. The van der Waals surface area contributed by atoms with Crippen molar-refractivity contribution in [2.24, 2.45) is 0 Å². The minimum Gasteiger partial charge on any atom is -0.481 e. The van der Waals surface area contributed by atoms with Gasteiger partial charge in [0.2, 0.25) is 5.88 Å². The zero-order valence-electron chi connectivity index (χ0n) is 6.39. The summed E-state index contributed by atoms with van der Waals surface area (Å²) in [6.45, 7) is 1.78. The standard InChI is InChI=1S/C7H9ClN2O/c1-4-7(9)5(8)3-6(10-4)11-2/h3H,9H2,1-2H3. The highest BCUT2D eigenvalue weighted by Crippen LogP contribution is 2.24. The van der Waals surface area contributed by atoms with E-state index in [0.717, 1.165) is 0 Å². The Bertz CT molecular complexity index is 252. The lowest BCUT2D eigenvalue weighted by Gasteiger charge is -2.04. The predicted octanol–water partition coefficient (Wildman–Crippen LogP) is 1.63. The van der Waals surface area contributed by atoms with Crippen LogP contribution in [0.5, 0.6) is 5.88 Å². The molecule has 3 nitrogen and oxygen atoms in total. The zero-order chi connectivity index (χ0) is 8.43. The molecule has 0 aromatic carbocycles. The Morgan fingerprint density at radius 3 is 2.73 bits per heavy atom. The van der Waals surface area contributed by atoms with Crippen LogP contribution in [0.25, 0.3) is 0 Å². The van der Waals surface area contributed by atoms with Crippen molar-refractivity contribution in [3.63, 3.8) is 0 Å². The van der Waals surface area contributed by atoms with Crippen LogP contribution in [-0.4, -0.2) is 12.1 Å². The van der Waals surface area contributed by atoms with Gasteiger partial charge in [0.25, 0.3) is 0 Å². The molecule has 0 aliphatic rings. The summed E-state index contributed by atoms with van der Waals surface area (Å²) in [5.74, 6) is 0.488. The molecule has 60 valence electrons. The second-order valence-electron chi connectivity index (χ2n) is 2.15. The van der Waals surface area contributed by atoms with E-state index in [0.29, 0.717) is 22.3 Å². The molecule has 2 N–H and O–H groups in total. The molecule has 1 aromatic heterocycles. The van der Waals surface area contributed by atoms with E-state index >= 15 is 0 Å². The van der Waals surface area contributed by atoms with Gasteiger partial charge in [-0.3, -0.25) is 0 Å². The quantitative estimate of drug-likeness (QED) is 0.701. The summed E-state index contributed by atoms with van der Waals surface area (Å²) >= 11 is 5.75. The molecule has 0 unspecified atom stereocenters. The lowest BCUT2D eigenvalue weighted by Crippen LogP contribution is -1.96. The topological polar surface area (TPSA) is 48.1 Å². The van der Waals surface area contributed by atoms with Gasteiger partial charge in [0, 0.05) is 6.07 Å². The van der Waals surface area contributed by atoms with Gasteiger partial charge in [-0.15, -0.1) is 0 Å². The number of nitrogens with two attached hydrogens (primary N) is 1. The Kier molecular flexibility index (Phi) is 2.19. The molecule has 0 aliphatic carbocycles. The van der Waals surface area contributed by atoms with E-state index in [1.807, 2.05) is 0 Å². The Hall–Kier alpha value is -0.960. The number of hydrogen-bond acceptors (Lipinski definition) is 3. The van der Waals surface area contributed by atoms with Gasteiger partial charge in [-0.05, 0) is 6.92 Å². The van der Waals surface area contributed by atoms with Crippen molar-refractivity contribution >= 4 is 17.3 Å². The van der Waals surface area contributed by atoms with E-state index in [1.54, 1.807) is 13.0 Å². The van der Waals surface area contributed by atoms with Crippen LogP contribution in [0.3, 0.4) is 0 Å². The van der Waals surface area contributed by atoms with Gasteiger partial charge in [0.1, 0.15) is 0 Å². The Balaban J connectivity index is 3.21. The van der Waals surface area contributed by atoms with Gasteiger partial charge >= 0.3 is 0 Å². The number of ether oxygens (including phenoxy) is 1. The van der Waals surface area contributed by atoms with Crippen LogP contribution < -0.4 is 10.5 Å². The van der Waals surface area contributed by atoms with Crippen LogP contribution in [0.2, 0.25) is 5.02 Å². The van der Waals surface area contributed by atoms with Crippen LogP contribution in [-0.2, 0) is 0 Å². The molecule has 1 rings (SSSR count). The first-order chi connectivity index (χ1) is 5.15. The first-order valence-corrected chi connectivity index (χ1v) is 3.49. The fraction of sp³-hybridized carbons (Fsp3) is 0.286. The van der Waals surface area contributed by atoms with Gasteiger partial charge < -0.3 is 10.5 Å². The molecular weight excluding hydrogens is 164 g/mol. The van der Waals surface area contributed by atoms with Crippen molar-refractivity contribution in [2.75, 3.05) is 12.8 Å². The minimum absolute atomic E-state index is 0.481. The molecule has 0 aliphatic heterocycles. The monoisotopic (exact) mass is 172 g/mol. The van der Waals surface area contributed by atoms with Gasteiger partial charge in [-0.25, -0.2) is 4.98 Å². The molecule has 0 amide bonds. The van der Waals surface area contributed by atoms with Gasteiger partial charge in [-0.2, -0.15) is 0 Å². The van der Waals surface area contributed by atoms with Gasteiger partial charge in [0.15, 0.2) is 0 Å². The maximum absolute atomic E-state index is 5.75. The number of halogens is 1. The summed E-state index contributed by atoms with van der Waals surface area (Å²) in [6.07, 6.45) is 0. The third-order valence-electron chi connectivity index (χ3n) is 1.38. The first-order valence-electron chi connectivity index (χ1n) is 3.11. The summed E-state index contributed by atoms with van der Waals surface area (Å²) in [7, 11) is 1.54. The fourth-order valence-electron chi connectivity index (χ4n) is 0.721. The van der Waals surface area contributed by atoms with Crippen LogP contribution in [0, 0.1) is 6.92 Å². The zero-order valence-corrected chi connectivity index (χ0v) is 7.14. The molecule has 11 heavy (non-hydrogen) atoms. The minimum atomic E-state index is 0.481. The summed E-state index contributed by atoms with van der Waals surface area (Å²) < 4.78 is 4.88. The molecule has 0 saturated heterocycles. The molecule has 4 heteroatoms. The molecular formula is C7H9ClN2O. The lowest BCUT2D eigenvalue weighted by molar-refractivity contribution is 0.397. The van der Waals surface area contributed by atoms with Crippen LogP contribution >= 0.6 is 11.6 Å². The number of hydrogen-bond donors (Lipinski definition) is 1. The Morgan fingerprint density at radius 2 is 2.27 bits per heavy atom. The van der Waals surface area contributed by atoms with Crippen molar-refractivity contribution in [3.05, 3.63) is 16.8 Å². The molecule has 1 aromatic rings. The van der Waals surface area contributed by atoms with Crippen LogP contribution in [0.15, 0.2) is 6.07 Å². The second-order valence-corrected chi connectivity index (χ2v) is 2.55. The number of nitrogen functional groups attached to an aromatic ring is 1. The smallest absolute Gasteiger partial charge is 0.214 e. The average Bonchev–Trinajstić information content (AvgIpc) is 1.99. The third kappa shape index (κ3) is 1.54. The first kappa shape index (κ1) is 8.14. The SMILES string of the molecule is COc1cc(Cl)c(N)c(C)n1. The maximum atomic E-state index is 5.75. The number of rotatable bonds is 1. The van der Waals surface area contributed by atoms with E-state index in [-0.39, 0.29) is 0 Å². The normalized spacial score (nSPS) is 9.73. The predicted molar refractivity (Wildman–Crippen MR) is 44.9 cm³/mol. The van der Waals surface area contributed by atoms with Crippen molar-refractivity contribution in [3.8, 4) is 5.88 Å². The number of anilines is 1. The van der Waals surface area contributed by atoms with E-state index < -0.39 is 0 Å². The number of nitrogens with zero attached hydrogens (tertiary/aromatic N) is 1. The molecule has 0 spiro atoms.